The van der Waals surface area contributed by atoms with Gasteiger partial charge in [0.1, 0.15) is 5.54 Å². The molecule has 1 aliphatic rings. The molecule has 2 atom stereocenters. The number of aromatic nitrogens is 1. The van der Waals surface area contributed by atoms with Crippen molar-refractivity contribution in [2.75, 3.05) is 0 Å². The van der Waals surface area contributed by atoms with Gasteiger partial charge in [-0.2, -0.15) is 4.39 Å². The molecule has 102 valence electrons. The van der Waals surface area contributed by atoms with Crippen molar-refractivity contribution in [1.29, 1.82) is 0 Å². The maximum atomic E-state index is 13.5. The topological polar surface area (TPSA) is 37.3 Å². The molecule has 2 heterocycles. The van der Waals surface area contributed by atoms with Gasteiger partial charge in [-0.15, -0.1) is 0 Å². The van der Waals surface area contributed by atoms with Crippen molar-refractivity contribution in [2.24, 2.45) is 4.99 Å². The van der Waals surface area contributed by atoms with Gasteiger partial charge in [-0.1, -0.05) is 23.7 Å². The molecule has 0 bridgehead atoms. The van der Waals surface area contributed by atoms with Crippen molar-refractivity contribution in [2.45, 2.75) is 18.5 Å². The van der Waals surface area contributed by atoms with E-state index in [1.54, 1.807) is 12.4 Å². The first-order valence-corrected chi connectivity index (χ1v) is 6.68. The number of nitrogens with one attached hydrogen (secondary N) is 1. The molecule has 0 fully saturated rings. The molecule has 3 rings (SSSR count). The second-order valence-corrected chi connectivity index (χ2v) is 5.22. The van der Waals surface area contributed by atoms with Crippen molar-refractivity contribution in [1.82, 2.24) is 10.3 Å². The van der Waals surface area contributed by atoms with Crippen LogP contribution in [0.5, 0.6) is 0 Å². The van der Waals surface area contributed by atoms with Crippen LogP contribution in [-0.4, -0.2) is 17.4 Å². The summed E-state index contributed by atoms with van der Waals surface area (Å²) in [6.45, 7) is 1.99. The normalized spacial score (nSPS) is 24.6. The zero-order chi connectivity index (χ0) is 14.2. The molecule has 1 N–H and O–H groups in total. The Labute approximate surface area is 121 Å². The smallest absolute Gasteiger partial charge is 0.213 e. The molecule has 0 saturated carbocycles. The van der Waals surface area contributed by atoms with Crippen LogP contribution in [0.4, 0.5) is 4.39 Å². The van der Waals surface area contributed by atoms with Crippen molar-refractivity contribution in [3.05, 3.63) is 64.7 Å². The van der Waals surface area contributed by atoms with E-state index in [0.717, 1.165) is 11.1 Å². The molecule has 0 aliphatic carbocycles. The van der Waals surface area contributed by atoms with Crippen molar-refractivity contribution in [3.8, 4) is 0 Å². The lowest BCUT2D eigenvalue weighted by Gasteiger charge is -2.34. The SMILES string of the molecule is C[C@@H]1N=CNC1(c1ccc(Cl)cc1)c1ccnc(F)c1. The van der Waals surface area contributed by atoms with E-state index in [0.29, 0.717) is 5.02 Å². The summed E-state index contributed by atoms with van der Waals surface area (Å²) in [5, 5.41) is 3.93. The maximum absolute atomic E-state index is 13.5. The Hall–Kier alpha value is -1.94. The number of halogens is 2. The zero-order valence-electron chi connectivity index (χ0n) is 10.8. The molecule has 0 saturated heterocycles. The minimum absolute atomic E-state index is 0.0644. The van der Waals surface area contributed by atoms with E-state index in [1.165, 1.54) is 12.3 Å². The fraction of sp³-hybridized carbons (Fsp3) is 0.200. The minimum atomic E-state index is -0.589. The van der Waals surface area contributed by atoms with E-state index >= 15 is 0 Å². The number of benzene rings is 1. The van der Waals surface area contributed by atoms with E-state index in [2.05, 4.69) is 15.3 Å². The molecule has 20 heavy (non-hydrogen) atoms. The summed E-state index contributed by atoms with van der Waals surface area (Å²) in [5.41, 5.74) is 1.18. The quantitative estimate of drug-likeness (QED) is 0.863. The summed E-state index contributed by atoms with van der Waals surface area (Å²) in [5.74, 6) is -0.503. The fourth-order valence-electron chi connectivity index (χ4n) is 2.66. The lowest BCUT2D eigenvalue weighted by molar-refractivity contribution is 0.431. The molecule has 0 spiro atoms. The largest absolute Gasteiger partial charge is 0.361 e. The van der Waals surface area contributed by atoms with Gasteiger partial charge in [0.2, 0.25) is 5.95 Å². The van der Waals surface area contributed by atoms with Gasteiger partial charge in [0.15, 0.2) is 0 Å². The molecule has 1 aromatic carbocycles. The number of aliphatic imine (C=N–C) groups is 1. The predicted molar refractivity (Wildman–Crippen MR) is 77.5 cm³/mol. The minimum Gasteiger partial charge on any atom is -0.361 e. The highest BCUT2D eigenvalue weighted by Crippen LogP contribution is 2.37. The standard InChI is InChI=1S/C15H13ClFN3/c1-10-15(20-9-19-10,11-2-4-13(16)5-3-11)12-6-7-18-14(17)8-12/h2-10H,1H3,(H,19,20)/t10-,15?/m0/s1. The lowest BCUT2D eigenvalue weighted by Crippen LogP contribution is -2.45. The zero-order valence-corrected chi connectivity index (χ0v) is 11.6. The molecule has 0 amide bonds. The summed E-state index contributed by atoms with van der Waals surface area (Å²) in [7, 11) is 0. The highest BCUT2D eigenvalue weighted by Gasteiger charge is 2.42. The summed E-state index contributed by atoms with van der Waals surface area (Å²) in [4.78, 5) is 8.00. The Morgan fingerprint density at radius 3 is 2.55 bits per heavy atom. The predicted octanol–water partition coefficient (Wildman–Crippen LogP) is 3.14. The van der Waals surface area contributed by atoms with E-state index in [1.807, 2.05) is 31.2 Å². The highest BCUT2D eigenvalue weighted by molar-refractivity contribution is 6.30. The third-order valence-corrected chi connectivity index (χ3v) is 3.95. The monoisotopic (exact) mass is 289 g/mol. The molecule has 1 aromatic heterocycles. The molecular weight excluding hydrogens is 277 g/mol. The Morgan fingerprint density at radius 2 is 1.95 bits per heavy atom. The van der Waals surface area contributed by atoms with Crippen molar-refractivity contribution in [3.63, 3.8) is 0 Å². The van der Waals surface area contributed by atoms with Crippen LogP contribution in [0.1, 0.15) is 18.1 Å². The number of pyridine rings is 1. The van der Waals surface area contributed by atoms with E-state index in [-0.39, 0.29) is 6.04 Å². The van der Waals surface area contributed by atoms with Crippen LogP contribution in [0.25, 0.3) is 0 Å². The second-order valence-electron chi connectivity index (χ2n) is 4.78. The number of hydrogen-bond donors (Lipinski definition) is 1. The first-order valence-electron chi connectivity index (χ1n) is 6.30. The first-order chi connectivity index (χ1) is 9.63. The maximum Gasteiger partial charge on any atom is 0.213 e. The fourth-order valence-corrected chi connectivity index (χ4v) is 2.79. The highest BCUT2D eigenvalue weighted by atomic mass is 35.5. The lowest BCUT2D eigenvalue weighted by atomic mass is 9.79. The van der Waals surface area contributed by atoms with E-state index in [4.69, 9.17) is 11.6 Å². The van der Waals surface area contributed by atoms with Crippen LogP contribution >= 0.6 is 11.6 Å². The molecule has 2 aromatic rings. The van der Waals surface area contributed by atoms with Gasteiger partial charge in [-0.3, -0.25) is 4.99 Å². The Bertz CT molecular complexity index is 656. The molecule has 1 aliphatic heterocycles. The van der Waals surface area contributed by atoms with Crippen LogP contribution < -0.4 is 5.32 Å². The molecule has 0 radical (unpaired) electrons. The van der Waals surface area contributed by atoms with Gasteiger partial charge in [-0.05, 0) is 42.3 Å². The van der Waals surface area contributed by atoms with Crippen LogP contribution in [0.15, 0.2) is 47.6 Å². The van der Waals surface area contributed by atoms with E-state index in [9.17, 15) is 4.39 Å². The Kier molecular flexibility index (Phi) is 3.18. The molecular formula is C15H13ClFN3. The van der Waals surface area contributed by atoms with Crippen LogP contribution in [0.2, 0.25) is 5.02 Å². The third-order valence-electron chi connectivity index (χ3n) is 3.70. The van der Waals surface area contributed by atoms with Gasteiger partial charge >= 0.3 is 0 Å². The molecule has 5 heteroatoms. The summed E-state index contributed by atoms with van der Waals surface area (Å²) < 4.78 is 13.5. The number of rotatable bonds is 2. The Morgan fingerprint density at radius 1 is 1.20 bits per heavy atom. The van der Waals surface area contributed by atoms with Crippen LogP contribution in [0.3, 0.4) is 0 Å². The second kappa shape index (κ2) is 4.87. The van der Waals surface area contributed by atoms with E-state index < -0.39 is 11.5 Å². The summed E-state index contributed by atoms with van der Waals surface area (Å²) in [6, 6.07) is 10.7. The van der Waals surface area contributed by atoms with Crippen LogP contribution in [-0.2, 0) is 5.54 Å². The van der Waals surface area contributed by atoms with Gasteiger partial charge in [0, 0.05) is 11.2 Å². The summed E-state index contributed by atoms with van der Waals surface area (Å²) >= 11 is 5.95. The Balaban J connectivity index is 2.17. The van der Waals surface area contributed by atoms with Gasteiger partial charge in [0.25, 0.3) is 0 Å². The van der Waals surface area contributed by atoms with Crippen molar-refractivity contribution >= 4 is 17.9 Å². The molecule has 1 unspecified atom stereocenters. The van der Waals surface area contributed by atoms with Crippen molar-refractivity contribution < 1.29 is 4.39 Å². The third kappa shape index (κ3) is 1.96. The number of nitrogens with zero attached hydrogens (tertiary/aromatic N) is 2. The van der Waals surface area contributed by atoms with Gasteiger partial charge in [0.05, 0.1) is 12.4 Å². The average Bonchev–Trinajstić information content (AvgIpc) is 2.82. The van der Waals surface area contributed by atoms with Crippen LogP contribution in [0, 0.1) is 5.95 Å². The number of hydrogen-bond acceptors (Lipinski definition) is 3. The summed E-state index contributed by atoms with van der Waals surface area (Å²) in [6.07, 6.45) is 3.13. The van der Waals surface area contributed by atoms with Gasteiger partial charge in [-0.25, -0.2) is 4.98 Å². The molecule has 3 nitrogen and oxygen atoms in total. The average molecular weight is 290 g/mol. The van der Waals surface area contributed by atoms with Gasteiger partial charge < -0.3 is 5.32 Å². The first kappa shape index (κ1) is 13.1.